The molecule has 1 saturated carbocycles. The van der Waals surface area contributed by atoms with Crippen molar-refractivity contribution in [2.24, 2.45) is 5.92 Å². The molecule has 2 aromatic carbocycles. The minimum absolute atomic E-state index is 0.0741. The number of piperazine rings is 1. The average molecular weight is 426 g/mol. The maximum Gasteiger partial charge on any atom is 0.246 e. The SMILES string of the molecule is O=C1[C@H]2Cc3c([nH]c4ccccc34)[C@@H](c3ccc4c(c3)CCC4)N2C(=O)CN1CC1CC1. The maximum absolute atomic E-state index is 13.6. The number of aryl methyl sites for hydroxylation is 2. The Labute approximate surface area is 187 Å². The smallest absolute Gasteiger partial charge is 0.246 e. The second-order valence-electron chi connectivity index (χ2n) is 10.0. The summed E-state index contributed by atoms with van der Waals surface area (Å²) in [7, 11) is 0. The predicted octanol–water partition coefficient (Wildman–Crippen LogP) is 3.75. The molecule has 1 saturated heterocycles. The van der Waals surface area contributed by atoms with E-state index in [1.807, 2.05) is 15.9 Å². The number of para-hydroxylation sites is 1. The third kappa shape index (κ3) is 2.70. The van der Waals surface area contributed by atoms with Crippen LogP contribution in [0.3, 0.4) is 0 Å². The topological polar surface area (TPSA) is 56.4 Å². The highest BCUT2D eigenvalue weighted by atomic mass is 16.2. The molecule has 2 fully saturated rings. The summed E-state index contributed by atoms with van der Waals surface area (Å²) in [5, 5.41) is 1.17. The van der Waals surface area contributed by atoms with Gasteiger partial charge in [0.1, 0.15) is 6.04 Å². The molecule has 0 radical (unpaired) electrons. The quantitative estimate of drug-likeness (QED) is 0.695. The van der Waals surface area contributed by atoms with Crippen LogP contribution in [0.4, 0.5) is 0 Å². The van der Waals surface area contributed by atoms with Gasteiger partial charge in [0.05, 0.1) is 12.6 Å². The lowest BCUT2D eigenvalue weighted by atomic mass is 9.85. The molecule has 0 spiro atoms. The first-order chi connectivity index (χ1) is 15.7. The van der Waals surface area contributed by atoms with Crippen molar-refractivity contribution in [3.05, 3.63) is 70.4 Å². The van der Waals surface area contributed by atoms with Crippen LogP contribution in [0.5, 0.6) is 0 Å². The summed E-state index contributed by atoms with van der Waals surface area (Å²) < 4.78 is 0. The van der Waals surface area contributed by atoms with Crippen molar-refractivity contribution in [3.8, 4) is 0 Å². The third-order valence-electron chi connectivity index (χ3n) is 7.96. The number of amides is 2. The number of hydrogen-bond acceptors (Lipinski definition) is 2. The van der Waals surface area contributed by atoms with E-state index in [9.17, 15) is 9.59 Å². The molecule has 4 aliphatic rings. The number of benzene rings is 2. The number of carbonyl (C=O) groups is 2. The molecule has 2 atom stereocenters. The van der Waals surface area contributed by atoms with Gasteiger partial charge in [0.2, 0.25) is 11.8 Å². The highest BCUT2D eigenvalue weighted by Crippen LogP contribution is 2.43. The van der Waals surface area contributed by atoms with Crippen LogP contribution >= 0.6 is 0 Å². The van der Waals surface area contributed by atoms with Gasteiger partial charge in [-0.3, -0.25) is 9.59 Å². The molecule has 1 N–H and O–H groups in total. The summed E-state index contributed by atoms with van der Waals surface area (Å²) in [4.78, 5) is 34.5. The molecule has 0 unspecified atom stereocenters. The van der Waals surface area contributed by atoms with Crippen molar-refractivity contribution >= 4 is 22.7 Å². The molecule has 3 aromatic rings. The Morgan fingerprint density at radius 3 is 2.72 bits per heavy atom. The van der Waals surface area contributed by atoms with Crippen LogP contribution in [0.2, 0.25) is 0 Å². The Morgan fingerprint density at radius 2 is 1.84 bits per heavy atom. The van der Waals surface area contributed by atoms with Crippen LogP contribution in [0.1, 0.15) is 53.3 Å². The molecule has 1 aromatic heterocycles. The fourth-order valence-electron chi connectivity index (χ4n) is 6.20. The van der Waals surface area contributed by atoms with E-state index in [1.165, 1.54) is 41.3 Å². The number of rotatable bonds is 3. The summed E-state index contributed by atoms with van der Waals surface area (Å²) in [5.74, 6) is 0.779. The summed E-state index contributed by atoms with van der Waals surface area (Å²) in [6, 6.07) is 14.4. The number of nitrogens with zero attached hydrogens (tertiary/aromatic N) is 2. The Bertz CT molecular complexity index is 1270. The zero-order chi connectivity index (χ0) is 21.4. The second-order valence-corrected chi connectivity index (χ2v) is 10.0. The Balaban J connectivity index is 1.39. The molecule has 5 nitrogen and oxygen atoms in total. The Hall–Kier alpha value is -3.08. The van der Waals surface area contributed by atoms with Crippen LogP contribution in [0, 0.1) is 5.92 Å². The minimum atomic E-state index is -0.417. The van der Waals surface area contributed by atoms with E-state index in [-0.39, 0.29) is 24.4 Å². The van der Waals surface area contributed by atoms with Crippen molar-refractivity contribution in [2.45, 2.75) is 50.6 Å². The van der Waals surface area contributed by atoms with E-state index in [1.54, 1.807) is 0 Å². The monoisotopic (exact) mass is 425 g/mol. The molecule has 0 bridgehead atoms. The highest BCUT2D eigenvalue weighted by Gasteiger charge is 2.48. The summed E-state index contributed by atoms with van der Waals surface area (Å²) in [5.41, 5.74) is 7.31. The van der Waals surface area contributed by atoms with Gasteiger partial charge in [-0.15, -0.1) is 0 Å². The Kier molecular flexibility index (Phi) is 3.88. The summed E-state index contributed by atoms with van der Waals surface area (Å²) in [6.45, 7) is 0.946. The number of fused-ring (bicyclic) bond motifs is 5. The lowest BCUT2D eigenvalue weighted by molar-refractivity contribution is -0.158. The number of aromatic amines is 1. The van der Waals surface area contributed by atoms with E-state index < -0.39 is 6.04 Å². The molecule has 2 aliphatic heterocycles. The number of carbonyl (C=O) groups excluding carboxylic acids is 2. The zero-order valence-electron chi connectivity index (χ0n) is 18.1. The van der Waals surface area contributed by atoms with E-state index in [4.69, 9.17) is 0 Å². The molecule has 5 heteroatoms. The fourth-order valence-corrected chi connectivity index (χ4v) is 6.20. The second kappa shape index (κ2) is 6.71. The third-order valence-corrected chi connectivity index (χ3v) is 7.96. The first kappa shape index (κ1) is 18.5. The lowest BCUT2D eigenvalue weighted by Crippen LogP contribution is -2.63. The first-order valence-corrected chi connectivity index (χ1v) is 12.0. The minimum Gasteiger partial charge on any atom is -0.356 e. The van der Waals surface area contributed by atoms with Gasteiger partial charge in [-0.05, 0) is 66.3 Å². The number of H-pyrrole nitrogens is 1. The summed E-state index contributed by atoms with van der Waals surface area (Å²) >= 11 is 0. The molecule has 3 heterocycles. The van der Waals surface area contributed by atoms with Crippen molar-refractivity contribution < 1.29 is 9.59 Å². The van der Waals surface area contributed by atoms with Crippen LogP contribution in [-0.4, -0.2) is 45.7 Å². The van der Waals surface area contributed by atoms with Crippen molar-refractivity contribution in [3.63, 3.8) is 0 Å². The molecular weight excluding hydrogens is 398 g/mol. The predicted molar refractivity (Wildman–Crippen MR) is 122 cm³/mol. The normalized spacial score (nSPS) is 24.6. The maximum atomic E-state index is 13.6. The molecule has 32 heavy (non-hydrogen) atoms. The molecular formula is C27H27N3O2. The molecule has 2 amide bonds. The number of aromatic nitrogens is 1. The van der Waals surface area contributed by atoms with Gasteiger partial charge in [0.15, 0.2) is 0 Å². The van der Waals surface area contributed by atoms with Gasteiger partial charge in [-0.2, -0.15) is 0 Å². The van der Waals surface area contributed by atoms with E-state index in [2.05, 4.69) is 41.4 Å². The van der Waals surface area contributed by atoms with Gasteiger partial charge in [-0.1, -0.05) is 36.4 Å². The van der Waals surface area contributed by atoms with Crippen molar-refractivity contribution in [1.29, 1.82) is 0 Å². The van der Waals surface area contributed by atoms with Gasteiger partial charge in [-0.25, -0.2) is 0 Å². The molecule has 7 rings (SSSR count). The van der Waals surface area contributed by atoms with E-state index >= 15 is 0 Å². The standard InChI is InChI=1S/C27H27N3O2/c31-24-15-29(14-16-8-9-16)27(32)23-13-21-20-6-1-2-7-22(20)28-25(21)26(30(23)24)19-11-10-17-4-3-5-18(17)12-19/h1-2,6-7,10-12,16,23,26,28H,3-5,8-9,13-15H2/t23-,26-/m1/s1. The van der Waals surface area contributed by atoms with Gasteiger partial charge in [0, 0.05) is 29.6 Å². The van der Waals surface area contributed by atoms with Gasteiger partial charge >= 0.3 is 0 Å². The van der Waals surface area contributed by atoms with Crippen LogP contribution in [-0.2, 0) is 28.9 Å². The van der Waals surface area contributed by atoms with Crippen LogP contribution < -0.4 is 0 Å². The highest BCUT2D eigenvalue weighted by molar-refractivity contribution is 5.97. The molecule has 162 valence electrons. The lowest BCUT2D eigenvalue weighted by Gasteiger charge is -2.47. The van der Waals surface area contributed by atoms with Crippen molar-refractivity contribution in [1.82, 2.24) is 14.8 Å². The van der Waals surface area contributed by atoms with Crippen LogP contribution in [0.15, 0.2) is 42.5 Å². The number of nitrogens with one attached hydrogen (secondary N) is 1. The van der Waals surface area contributed by atoms with Gasteiger partial charge < -0.3 is 14.8 Å². The van der Waals surface area contributed by atoms with Crippen molar-refractivity contribution in [2.75, 3.05) is 13.1 Å². The largest absolute Gasteiger partial charge is 0.356 e. The summed E-state index contributed by atoms with van der Waals surface area (Å²) in [6.07, 6.45) is 6.37. The molecule has 2 aliphatic carbocycles. The van der Waals surface area contributed by atoms with Crippen LogP contribution in [0.25, 0.3) is 10.9 Å². The average Bonchev–Trinajstić information content (AvgIpc) is 3.36. The van der Waals surface area contributed by atoms with E-state index in [0.29, 0.717) is 12.3 Å². The number of hydrogen-bond donors (Lipinski definition) is 1. The zero-order valence-corrected chi connectivity index (χ0v) is 18.1. The van der Waals surface area contributed by atoms with Gasteiger partial charge in [0.25, 0.3) is 0 Å². The van der Waals surface area contributed by atoms with E-state index in [0.717, 1.165) is 36.2 Å². The fraction of sp³-hybridized carbons (Fsp3) is 0.407. The Morgan fingerprint density at radius 1 is 1.00 bits per heavy atom. The first-order valence-electron chi connectivity index (χ1n) is 12.0.